The number of nitrogens with one attached hydrogen (secondary N) is 1. The molecule has 1 rings (SSSR count). The first kappa shape index (κ1) is 10.3. The fraction of sp³-hybridized carbons (Fsp3) is 0.273. The molecule has 0 aliphatic carbocycles. The molecule has 0 radical (unpaired) electrons. The van der Waals surface area contributed by atoms with Gasteiger partial charge in [-0.1, -0.05) is 27.9 Å². The van der Waals surface area contributed by atoms with Crippen molar-refractivity contribution in [3.8, 4) is 12.3 Å². The van der Waals surface area contributed by atoms with Crippen LogP contribution in [0.4, 0.5) is 0 Å². The van der Waals surface area contributed by atoms with Crippen molar-refractivity contribution in [1.29, 1.82) is 0 Å². The van der Waals surface area contributed by atoms with Crippen LogP contribution < -0.4 is 5.32 Å². The molecule has 0 amide bonds. The lowest BCUT2D eigenvalue weighted by molar-refractivity contribution is 0.766. The van der Waals surface area contributed by atoms with Crippen LogP contribution in [0.15, 0.2) is 22.7 Å². The van der Waals surface area contributed by atoms with Crippen molar-refractivity contribution in [2.24, 2.45) is 0 Å². The molecule has 1 N–H and O–H groups in total. The summed E-state index contributed by atoms with van der Waals surface area (Å²) >= 11 is 3.43. The third-order valence-electron chi connectivity index (χ3n) is 1.85. The number of hydrogen-bond donors (Lipinski definition) is 1. The molecule has 0 heterocycles. The van der Waals surface area contributed by atoms with Crippen molar-refractivity contribution in [2.75, 3.05) is 6.54 Å². The second kappa shape index (κ2) is 5.06. The van der Waals surface area contributed by atoms with Crippen LogP contribution in [0, 0.1) is 19.3 Å². The topological polar surface area (TPSA) is 12.0 Å². The maximum Gasteiger partial charge on any atom is 0.0576 e. The summed E-state index contributed by atoms with van der Waals surface area (Å²) in [6.45, 7) is 3.55. The Morgan fingerprint density at radius 1 is 1.54 bits per heavy atom. The van der Waals surface area contributed by atoms with Gasteiger partial charge in [0.15, 0.2) is 0 Å². The first-order valence-corrected chi connectivity index (χ1v) is 4.92. The molecule has 0 bridgehead atoms. The smallest absolute Gasteiger partial charge is 0.0576 e. The minimum atomic E-state index is 0.621. The van der Waals surface area contributed by atoms with Crippen LogP contribution in [0.2, 0.25) is 0 Å². The molecule has 0 unspecified atom stereocenters. The highest BCUT2D eigenvalue weighted by Gasteiger charge is 1.97. The predicted molar refractivity (Wildman–Crippen MR) is 59.4 cm³/mol. The molecule has 13 heavy (non-hydrogen) atoms. The molecule has 1 aromatic rings. The third-order valence-corrected chi connectivity index (χ3v) is 2.34. The minimum absolute atomic E-state index is 0.621. The van der Waals surface area contributed by atoms with Crippen molar-refractivity contribution < 1.29 is 0 Å². The highest BCUT2D eigenvalue weighted by atomic mass is 79.9. The predicted octanol–water partition coefficient (Wildman–Crippen LogP) is 2.48. The van der Waals surface area contributed by atoms with E-state index in [0.29, 0.717) is 6.54 Å². The van der Waals surface area contributed by atoms with E-state index in [9.17, 15) is 0 Å². The van der Waals surface area contributed by atoms with E-state index in [4.69, 9.17) is 6.42 Å². The molecule has 0 aliphatic rings. The van der Waals surface area contributed by atoms with Gasteiger partial charge in [-0.15, -0.1) is 6.42 Å². The average Bonchev–Trinajstić information content (AvgIpc) is 2.09. The van der Waals surface area contributed by atoms with E-state index in [1.165, 1.54) is 11.1 Å². The minimum Gasteiger partial charge on any atom is -0.302 e. The summed E-state index contributed by atoms with van der Waals surface area (Å²) in [7, 11) is 0. The summed E-state index contributed by atoms with van der Waals surface area (Å²) in [5.41, 5.74) is 2.57. The van der Waals surface area contributed by atoms with Gasteiger partial charge >= 0.3 is 0 Å². The Hall–Kier alpha value is -0.780. The highest BCUT2D eigenvalue weighted by molar-refractivity contribution is 9.10. The summed E-state index contributed by atoms with van der Waals surface area (Å²) in [6, 6.07) is 6.25. The molecule has 2 heteroatoms. The number of aryl methyl sites for hydroxylation is 1. The van der Waals surface area contributed by atoms with Gasteiger partial charge in [-0.2, -0.15) is 0 Å². The molecule has 0 aromatic heterocycles. The van der Waals surface area contributed by atoms with Gasteiger partial charge < -0.3 is 5.32 Å². The number of benzene rings is 1. The number of rotatable bonds is 3. The molecule has 0 aliphatic heterocycles. The van der Waals surface area contributed by atoms with Crippen molar-refractivity contribution in [3.63, 3.8) is 0 Å². The molecule has 0 atom stereocenters. The Morgan fingerprint density at radius 2 is 2.31 bits per heavy atom. The van der Waals surface area contributed by atoms with Gasteiger partial charge in [0.1, 0.15) is 0 Å². The summed E-state index contributed by atoms with van der Waals surface area (Å²) in [5, 5.41) is 3.16. The van der Waals surface area contributed by atoms with E-state index in [0.717, 1.165) is 11.0 Å². The number of hydrogen-bond acceptors (Lipinski definition) is 1. The molecule has 1 aromatic carbocycles. The lowest BCUT2D eigenvalue weighted by Crippen LogP contribution is -2.13. The molecule has 0 spiro atoms. The standard InChI is InChI=1S/C11H12BrN/c1-3-6-13-8-10-4-5-11(12)7-9(10)2/h1,4-5,7,13H,6,8H2,2H3. The normalized spacial score (nSPS) is 9.62. The van der Waals surface area contributed by atoms with Crippen LogP contribution in [0.25, 0.3) is 0 Å². The van der Waals surface area contributed by atoms with Crippen molar-refractivity contribution in [2.45, 2.75) is 13.5 Å². The highest BCUT2D eigenvalue weighted by Crippen LogP contribution is 2.15. The second-order valence-electron chi connectivity index (χ2n) is 2.88. The van der Waals surface area contributed by atoms with Gasteiger partial charge in [0, 0.05) is 11.0 Å². The fourth-order valence-electron chi connectivity index (χ4n) is 1.13. The number of halogens is 1. The van der Waals surface area contributed by atoms with Gasteiger partial charge in [-0.05, 0) is 30.2 Å². The van der Waals surface area contributed by atoms with Gasteiger partial charge in [0.2, 0.25) is 0 Å². The molecule has 1 nitrogen and oxygen atoms in total. The quantitative estimate of drug-likeness (QED) is 0.630. The molecule has 68 valence electrons. The van der Waals surface area contributed by atoms with Crippen LogP contribution in [-0.4, -0.2) is 6.54 Å². The lowest BCUT2D eigenvalue weighted by Gasteiger charge is -2.05. The Labute approximate surface area is 87.7 Å². The first-order valence-electron chi connectivity index (χ1n) is 4.13. The molecular weight excluding hydrogens is 226 g/mol. The van der Waals surface area contributed by atoms with Gasteiger partial charge in [-0.3, -0.25) is 0 Å². The zero-order valence-corrected chi connectivity index (χ0v) is 9.19. The van der Waals surface area contributed by atoms with E-state index in [-0.39, 0.29) is 0 Å². The third kappa shape index (κ3) is 3.22. The van der Waals surface area contributed by atoms with Crippen LogP contribution in [0.5, 0.6) is 0 Å². The molecule has 0 saturated carbocycles. The average molecular weight is 238 g/mol. The van der Waals surface area contributed by atoms with Crippen molar-refractivity contribution in [3.05, 3.63) is 33.8 Å². The van der Waals surface area contributed by atoms with E-state index in [1.807, 2.05) is 6.07 Å². The molecule has 0 saturated heterocycles. The maximum atomic E-state index is 5.13. The van der Waals surface area contributed by atoms with Crippen molar-refractivity contribution in [1.82, 2.24) is 5.32 Å². The van der Waals surface area contributed by atoms with E-state index >= 15 is 0 Å². The molecule has 0 fully saturated rings. The zero-order chi connectivity index (χ0) is 9.68. The first-order chi connectivity index (χ1) is 6.24. The monoisotopic (exact) mass is 237 g/mol. The summed E-state index contributed by atoms with van der Waals surface area (Å²) < 4.78 is 1.12. The lowest BCUT2D eigenvalue weighted by atomic mass is 10.1. The maximum absolute atomic E-state index is 5.13. The zero-order valence-electron chi connectivity index (χ0n) is 7.60. The van der Waals surface area contributed by atoms with Gasteiger partial charge in [0.25, 0.3) is 0 Å². The van der Waals surface area contributed by atoms with E-state index in [1.54, 1.807) is 0 Å². The van der Waals surface area contributed by atoms with E-state index in [2.05, 4.69) is 46.2 Å². The van der Waals surface area contributed by atoms with Crippen LogP contribution >= 0.6 is 15.9 Å². The Balaban J connectivity index is 2.62. The largest absolute Gasteiger partial charge is 0.302 e. The van der Waals surface area contributed by atoms with E-state index < -0.39 is 0 Å². The summed E-state index contributed by atoms with van der Waals surface area (Å²) in [4.78, 5) is 0. The van der Waals surface area contributed by atoms with Crippen molar-refractivity contribution >= 4 is 15.9 Å². The Kier molecular flexibility index (Phi) is 4.01. The number of terminal acetylenes is 1. The SMILES string of the molecule is C#CCNCc1ccc(Br)cc1C. The summed E-state index contributed by atoms with van der Waals surface area (Å²) in [6.07, 6.45) is 5.13. The van der Waals surface area contributed by atoms with Gasteiger partial charge in [-0.25, -0.2) is 0 Å². The van der Waals surface area contributed by atoms with Crippen LogP contribution in [-0.2, 0) is 6.54 Å². The Morgan fingerprint density at radius 3 is 2.92 bits per heavy atom. The Bertz CT molecular complexity index is 325. The van der Waals surface area contributed by atoms with Crippen LogP contribution in [0.1, 0.15) is 11.1 Å². The van der Waals surface area contributed by atoms with Crippen LogP contribution in [0.3, 0.4) is 0 Å². The fourth-order valence-corrected chi connectivity index (χ4v) is 1.60. The summed E-state index contributed by atoms with van der Waals surface area (Å²) in [5.74, 6) is 2.55. The molecular formula is C11H12BrN. The second-order valence-corrected chi connectivity index (χ2v) is 3.79. The van der Waals surface area contributed by atoms with Gasteiger partial charge in [0.05, 0.1) is 6.54 Å².